The van der Waals surface area contributed by atoms with E-state index in [0.717, 1.165) is 11.1 Å². The molecule has 3 aromatic rings. The van der Waals surface area contributed by atoms with Gasteiger partial charge in [-0.3, -0.25) is 9.69 Å². The number of hydrogen-bond donors (Lipinski definition) is 0. The smallest absolute Gasteiger partial charge is 0.264 e. The van der Waals surface area contributed by atoms with Gasteiger partial charge in [-0.05, 0) is 48.2 Å². The fraction of sp³-hybridized carbons (Fsp3) is 0.320. The molecule has 4 rings (SSSR count). The van der Waals surface area contributed by atoms with Gasteiger partial charge < -0.3 is 14.4 Å². The van der Waals surface area contributed by atoms with Crippen molar-refractivity contribution in [2.45, 2.75) is 20.1 Å². The van der Waals surface area contributed by atoms with Crippen LogP contribution in [0.2, 0.25) is 5.02 Å². The Kier molecular flexibility index (Phi) is 7.53. The van der Waals surface area contributed by atoms with Crippen molar-refractivity contribution < 1.29 is 18.7 Å². The number of piperazine rings is 1. The molecule has 8 heteroatoms. The van der Waals surface area contributed by atoms with Crippen molar-refractivity contribution in [1.82, 2.24) is 9.80 Å². The van der Waals surface area contributed by atoms with Crippen molar-refractivity contribution in [2.24, 2.45) is 0 Å². The average Bonchev–Trinajstić information content (AvgIpc) is 3.29. The molecule has 0 N–H and O–H groups in total. The SMILES string of the molecule is COc1cc(C)ccc1OCc1csc(C(=O)N2CCN(Cc3c(F)cccc3Cl)CC2)c1. The predicted molar refractivity (Wildman–Crippen MR) is 129 cm³/mol. The number of aryl methyl sites for hydroxylation is 1. The first kappa shape index (κ1) is 23.5. The van der Waals surface area contributed by atoms with Crippen molar-refractivity contribution >= 4 is 28.8 Å². The molecule has 0 bridgehead atoms. The number of amides is 1. The zero-order valence-corrected chi connectivity index (χ0v) is 20.2. The van der Waals surface area contributed by atoms with Gasteiger partial charge >= 0.3 is 0 Å². The molecule has 1 saturated heterocycles. The lowest BCUT2D eigenvalue weighted by molar-refractivity contribution is 0.0631. The number of carbonyl (C=O) groups excluding carboxylic acids is 1. The molecular formula is C25H26ClFN2O3S. The summed E-state index contributed by atoms with van der Waals surface area (Å²) in [5.74, 6) is 1.09. The van der Waals surface area contributed by atoms with Gasteiger partial charge in [-0.15, -0.1) is 11.3 Å². The first-order chi connectivity index (χ1) is 15.9. The Labute approximate surface area is 202 Å². The minimum atomic E-state index is -0.294. The second kappa shape index (κ2) is 10.5. The van der Waals surface area contributed by atoms with Crippen LogP contribution in [-0.2, 0) is 13.2 Å². The van der Waals surface area contributed by atoms with Crippen molar-refractivity contribution in [3.05, 3.63) is 80.3 Å². The third-order valence-corrected chi connectivity index (χ3v) is 7.00. The molecule has 0 saturated carbocycles. The number of rotatable bonds is 7. The molecule has 0 atom stereocenters. The maximum absolute atomic E-state index is 14.1. The predicted octanol–water partition coefficient (Wildman–Crippen LogP) is 5.39. The third kappa shape index (κ3) is 5.66. The Morgan fingerprint density at radius 2 is 1.91 bits per heavy atom. The van der Waals surface area contributed by atoms with Crippen LogP contribution in [0.4, 0.5) is 4.39 Å². The fourth-order valence-electron chi connectivity index (χ4n) is 3.79. The minimum Gasteiger partial charge on any atom is -0.493 e. The van der Waals surface area contributed by atoms with E-state index >= 15 is 0 Å². The van der Waals surface area contributed by atoms with Crippen LogP contribution in [0.3, 0.4) is 0 Å². The second-order valence-corrected chi connectivity index (χ2v) is 9.35. The standard InChI is InChI=1S/C25H26ClFN2O3S/c1-17-6-7-22(23(12-17)31-2)32-15-18-13-24(33-16-18)25(30)29-10-8-28(9-11-29)14-19-20(26)4-3-5-21(19)27/h3-7,12-13,16H,8-11,14-15H2,1-2H3. The van der Waals surface area contributed by atoms with E-state index in [1.165, 1.54) is 17.4 Å². The van der Waals surface area contributed by atoms with Crippen LogP contribution in [0, 0.1) is 12.7 Å². The average molecular weight is 489 g/mol. The molecule has 1 fully saturated rings. The van der Waals surface area contributed by atoms with E-state index in [2.05, 4.69) is 4.90 Å². The number of nitrogens with zero attached hydrogens (tertiary/aromatic N) is 2. The summed E-state index contributed by atoms with van der Waals surface area (Å²) in [5, 5.41) is 2.38. The third-order valence-electron chi connectivity index (χ3n) is 5.68. The van der Waals surface area contributed by atoms with Crippen LogP contribution in [0.15, 0.2) is 47.8 Å². The van der Waals surface area contributed by atoms with Crippen LogP contribution in [-0.4, -0.2) is 49.0 Å². The van der Waals surface area contributed by atoms with Crippen LogP contribution in [0.25, 0.3) is 0 Å². The topological polar surface area (TPSA) is 42.0 Å². The highest BCUT2D eigenvalue weighted by Crippen LogP contribution is 2.29. The number of ether oxygens (including phenoxy) is 2. The molecule has 174 valence electrons. The number of benzene rings is 2. The summed E-state index contributed by atoms with van der Waals surface area (Å²) in [6.07, 6.45) is 0. The summed E-state index contributed by atoms with van der Waals surface area (Å²) < 4.78 is 25.4. The molecule has 33 heavy (non-hydrogen) atoms. The van der Waals surface area contributed by atoms with Crippen LogP contribution >= 0.6 is 22.9 Å². The van der Waals surface area contributed by atoms with E-state index in [1.54, 1.807) is 19.2 Å². The summed E-state index contributed by atoms with van der Waals surface area (Å²) in [4.78, 5) is 17.6. The van der Waals surface area contributed by atoms with E-state index in [1.807, 2.05) is 41.5 Å². The molecule has 0 aliphatic carbocycles. The molecule has 2 aromatic carbocycles. The molecule has 1 aromatic heterocycles. The van der Waals surface area contributed by atoms with Crippen molar-refractivity contribution in [3.8, 4) is 11.5 Å². The molecule has 5 nitrogen and oxygen atoms in total. The monoisotopic (exact) mass is 488 g/mol. The molecule has 2 heterocycles. The molecule has 1 amide bonds. The summed E-state index contributed by atoms with van der Waals surface area (Å²) in [6.45, 7) is 5.33. The number of halogens is 2. The lowest BCUT2D eigenvalue weighted by atomic mass is 10.1. The zero-order valence-electron chi connectivity index (χ0n) is 18.6. The largest absolute Gasteiger partial charge is 0.493 e. The van der Waals surface area contributed by atoms with Gasteiger partial charge in [-0.25, -0.2) is 4.39 Å². The maximum Gasteiger partial charge on any atom is 0.264 e. The molecular weight excluding hydrogens is 463 g/mol. The second-order valence-electron chi connectivity index (χ2n) is 8.03. The Morgan fingerprint density at radius 1 is 1.12 bits per heavy atom. The highest BCUT2D eigenvalue weighted by molar-refractivity contribution is 7.12. The van der Waals surface area contributed by atoms with Gasteiger partial charge in [0.15, 0.2) is 11.5 Å². The lowest BCUT2D eigenvalue weighted by Crippen LogP contribution is -2.48. The molecule has 0 unspecified atom stereocenters. The fourth-order valence-corrected chi connectivity index (χ4v) is 4.88. The van der Waals surface area contributed by atoms with Gasteiger partial charge in [-0.1, -0.05) is 23.7 Å². The Hall–Kier alpha value is -2.61. The maximum atomic E-state index is 14.1. The number of hydrogen-bond acceptors (Lipinski definition) is 5. The summed E-state index contributed by atoms with van der Waals surface area (Å²) >= 11 is 7.57. The summed E-state index contributed by atoms with van der Waals surface area (Å²) in [5.41, 5.74) is 2.55. The van der Waals surface area contributed by atoms with Gasteiger partial charge in [-0.2, -0.15) is 0 Å². The Bertz CT molecular complexity index is 1110. The number of methoxy groups -OCH3 is 1. The van der Waals surface area contributed by atoms with Crippen LogP contribution < -0.4 is 9.47 Å². The van der Waals surface area contributed by atoms with Gasteiger partial charge in [0, 0.05) is 48.9 Å². The Morgan fingerprint density at radius 3 is 2.64 bits per heavy atom. The summed E-state index contributed by atoms with van der Waals surface area (Å²) in [7, 11) is 1.62. The van der Waals surface area contributed by atoms with E-state index in [9.17, 15) is 9.18 Å². The number of thiophene rings is 1. The first-order valence-corrected chi connectivity index (χ1v) is 12.0. The van der Waals surface area contributed by atoms with Crippen molar-refractivity contribution in [2.75, 3.05) is 33.3 Å². The van der Waals surface area contributed by atoms with Crippen molar-refractivity contribution in [1.29, 1.82) is 0 Å². The molecule has 0 radical (unpaired) electrons. The van der Waals surface area contributed by atoms with Crippen LogP contribution in [0.5, 0.6) is 11.5 Å². The first-order valence-electron chi connectivity index (χ1n) is 10.7. The van der Waals surface area contributed by atoms with Gasteiger partial charge in [0.05, 0.1) is 12.0 Å². The Balaban J connectivity index is 1.31. The van der Waals surface area contributed by atoms with Gasteiger partial charge in [0.1, 0.15) is 12.4 Å². The van der Waals surface area contributed by atoms with E-state index < -0.39 is 0 Å². The highest BCUT2D eigenvalue weighted by Gasteiger charge is 2.24. The quantitative estimate of drug-likeness (QED) is 0.447. The highest BCUT2D eigenvalue weighted by atomic mass is 35.5. The zero-order chi connectivity index (χ0) is 23.4. The van der Waals surface area contributed by atoms with E-state index in [4.69, 9.17) is 21.1 Å². The molecule has 0 spiro atoms. The lowest BCUT2D eigenvalue weighted by Gasteiger charge is -2.34. The number of carbonyl (C=O) groups is 1. The van der Waals surface area contributed by atoms with Crippen LogP contribution in [0.1, 0.15) is 26.4 Å². The van der Waals surface area contributed by atoms with E-state index in [-0.39, 0.29) is 11.7 Å². The van der Waals surface area contributed by atoms with Crippen molar-refractivity contribution in [3.63, 3.8) is 0 Å². The van der Waals surface area contributed by atoms with Gasteiger partial charge in [0.25, 0.3) is 5.91 Å². The summed E-state index contributed by atoms with van der Waals surface area (Å²) in [6, 6.07) is 12.4. The van der Waals surface area contributed by atoms with E-state index in [0.29, 0.717) is 66.3 Å². The normalized spacial score (nSPS) is 14.4. The molecule has 1 aliphatic heterocycles. The van der Waals surface area contributed by atoms with Gasteiger partial charge in [0.2, 0.25) is 0 Å². The molecule has 1 aliphatic rings. The minimum absolute atomic E-state index is 0.0164.